The second kappa shape index (κ2) is 6.86. The van der Waals surface area contributed by atoms with Gasteiger partial charge in [-0.1, -0.05) is 17.7 Å². The van der Waals surface area contributed by atoms with E-state index < -0.39 is 5.91 Å². The van der Waals surface area contributed by atoms with Crippen molar-refractivity contribution in [3.63, 3.8) is 0 Å². The number of rotatable bonds is 3. The Hall–Kier alpha value is -3.59. The Labute approximate surface area is 164 Å². The molecule has 140 valence electrons. The summed E-state index contributed by atoms with van der Waals surface area (Å²) in [5.41, 5.74) is 1.23. The molecule has 10 heteroatoms. The molecule has 0 aliphatic carbocycles. The average molecular weight is 396 g/mol. The highest BCUT2D eigenvalue weighted by Gasteiger charge is 2.37. The predicted molar refractivity (Wildman–Crippen MR) is 104 cm³/mol. The SMILES string of the molecule is CN1C(=O)N(C)c2c(N=Nc3cccc(Cl)c3)c1nn2C(=O)c1ccncc1. The molecule has 2 bridgehead atoms. The van der Waals surface area contributed by atoms with Gasteiger partial charge in [-0.2, -0.15) is 9.80 Å². The number of carbonyl (C=O) groups excluding carboxylic acids is 2. The molecule has 2 aromatic heterocycles. The summed E-state index contributed by atoms with van der Waals surface area (Å²) in [4.78, 5) is 31.9. The molecule has 0 N–H and O–H groups in total. The highest BCUT2D eigenvalue weighted by molar-refractivity contribution is 6.30. The molecule has 0 fully saturated rings. The molecule has 2 amide bonds. The van der Waals surface area contributed by atoms with Crippen LogP contribution >= 0.6 is 11.6 Å². The minimum Gasteiger partial charge on any atom is -0.279 e. The number of amides is 2. The lowest BCUT2D eigenvalue weighted by Crippen LogP contribution is -2.41. The fourth-order valence-electron chi connectivity index (χ4n) is 2.82. The molecule has 0 unspecified atom stereocenters. The van der Waals surface area contributed by atoms with Crippen molar-refractivity contribution in [3.8, 4) is 0 Å². The van der Waals surface area contributed by atoms with Gasteiger partial charge in [0.25, 0.3) is 5.91 Å². The third-order valence-electron chi connectivity index (χ3n) is 4.22. The Bertz CT molecular complexity index is 1110. The molecule has 0 saturated heterocycles. The number of anilines is 2. The molecule has 28 heavy (non-hydrogen) atoms. The van der Waals surface area contributed by atoms with E-state index in [1.807, 2.05) is 0 Å². The molecule has 4 rings (SSSR count). The Morgan fingerprint density at radius 1 is 1.07 bits per heavy atom. The van der Waals surface area contributed by atoms with Gasteiger partial charge in [0, 0.05) is 37.1 Å². The van der Waals surface area contributed by atoms with Crippen LogP contribution in [0.4, 0.5) is 27.8 Å². The fourth-order valence-corrected chi connectivity index (χ4v) is 3.00. The van der Waals surface area contributed by atoms with Crippen LogP contribution in [0.15, 0.2) is 59.0 Å². The number of aromatic nitrogens is 3. The first kappa shape index (κ1) is 17.8. The smallest absolute Gasteiger partial charge is 0.279 e. The van der Waals surface area contributed by atoms with Crippen molar-refractivity contribution >= 4 is 46.5 Å². The average Bonchev–Trinajstić information content (AvgIpc) is 3.05. The number of urea groups is 1. The van der Waals surface area contributed by atoms with E-state index in [1.54, 1.807) is 50.5 Å². The van der Waals surface area contributed by atoms with Crippen LogP contribution in [-0.2, 0) is 0 Å². The first-order valence-corrected chi connectivity index (χ1v) is 8.61. The molecule has 1 aliphatic rings. The lowest BCUT2D eigenvalue weighted by molar-refractivity contribution is 0.0947. The van der Waals surface area contributed by atoms with Gasteiger partial charge in [0.05, 0.1) is 5.69 Å². The van der Waals surface area contributed by atoms with E-state index in [9.17, 15) is 9.59 Å². The molecule has 0 radical (unpaired) electrons. The molecule has 0 atom stereocenters. The van der Waals surface area contributed by atoms with Crippen LogP contribution in [0, 0.1) is 0 Å². The van der Waals surface area contributed by atoms with E-state index in [-0.39, 0.29) is 17.7 Å². The number of azo groups is 1. The highest BCUT2D eigenvalue weighted by atomic mass is 35.5. The van der Waals surface area contributed by atoms with E-state index in [1.165, 1.54) is 22.2 Å². The van der Waals surface area contributed by atoms with E-state index in [0.717, 1.165) is 4.68 Å². The van der Waals surface area contributed by atoms with Gasteiger partial charge < -0.3 is 0 Å². The van der Waals surface area contributed by atoms with Crippen LogP contribution in [0.2, 0.25) is 5.02 Å². The van der Waals surface area contributed by atoms with Gasteiger partial charge in [-0.05, 0) is 30.3 Å². The summed E-state index contributed by atoms with van der Waals surface area (Å²) in [7, 11) is 3.11. The summed E-state index contributed by atoms with van der Waals surface area (Å²) in [5.74, 6) is 0.0785. The molecular weight excluding hydrogens is 382 g/mol. The van der Waals surface area contributed by atoms with Gasteiger partial charge >= 0.3 is 6.03 Å². The van der Waals surface area contributed by atoms with Crippen molar-refractivity contribution in [2.24, 2.45) is 10.2 Å². The number of nitrogens with zero attached hydrogens (tertiary/aromatic N) is 7. The summed E-state index contributed by atoms with van der Waals surface area (Å²) in [6.45, 7) is 0. The van der Waals surface area contributed by atoms with Crippen LogP contribution in [-0.4, -0.2) is 40.8 Å². The Morgan fingerprint density at radius 2 is 1.82 bits per heavy atom. The zero-order valence-corrected chi connectivity index (χ0v) is 15.7. The number of pyridine rings is 1. The normalized spacial score (nSPS) is 13.5. The number of hydrogen-bond donors (Lipinski definition) is 0. The molecular formula is C18H14ClN7O2. The minimum atomic E-state index is -0.405. The summed E-state index contributed by atoms with van der Waals surface area (Å²) in [5, 5.41) is 13.3. The summed E-state index contributed by atoms with van der Waals surface area (Å²) >= 11 is 5.98. The molecule has 1 aromatic carbocycles. The van der Waals surface area contributed by atoms with Gasteiger partial charge in [0.2, 0.25) is 0 Å². The lowest BCUT2D eigenvalue weighted by Gasteiger charge is -2.26. The van der Waals surface area contributed by atoms with Crippen LogP contribution in [0.3, 0.4) is 0 Å². The fraction of sp³-hybridized carbons (Fsp3) is 0.111. The van der Waals surface area contributed by atoms with Gasteiger partial charge in [0.1, 0.15) is 0 Å². The van der Waals surface area contributed by atoms with Crippen molar-refractivity contribution in [3.05, 3.63) is 59.4 Å². The quantitative estimate of drug-likeness (QED) is 0.625. The molecule has 3 heterocycles. The van der Waals surface area contributed by atoms with E-state index in [4.69, 9.17) is 11.6 Å². The van der Waals surface area contributed by atoms with E-state index >= 15 is 0 Å². The van der Waals surface area contributed by atoms with Gasteiger partial charge in [0.15, 0.2) is 17.3 Å². The maximum Gasteiger partial charge on any atom is 0.330 e. The lowest BCUT2D eigenvalue weighted by atomic mass is 10.2. The van der Waals surface area contributed by atoms with Crippen LogP contribution in [0.25, 0.3) is 0 Å². The first-order valence-electron chi connectivity index (χ1n) is 8.24. The molecule has 1 aliphatic heterocycles. The highest BCUT2D eigenvalue weighted by Crippen LogP contribution is 2.43. The maximum absolute atomic E-state index is 12.9. The molecule has 0 spiro atoms. The second-order valence-corrected chi connectivity index (χ2v) is 6.47. The number of carbonyl (C=O) groups is 2. The summed E-state index contributed by atoms with van der Waals surface area (Å²) in [6, 6.07) is 9.69. The summed E-state index contributed by atoms with van der Waals surface area (Å²) in [6.07, 6.45) is 3.02. The van der Waals surface area contributed by atoms with Crippen molar-refractivity contribution in [1.29, 1.82) is 0 Å². The first-order chi connectivity index (χ1) is 13.5. The van der Waals surface area contributed by atoms with Crippen molar-refractivity contribution in [2.45, 2.75) is 0 Å². The Balaban J connectivity index is 1.83. The third-order valence-corrected chi connectivity index (χ3v) is 4.46. The van der Waals surface area contributed by atoms with Crippen LogP contribution in [0.5, 0.6) is 0 Å². The zero-order valence-electron chi connectivity index (χ0n) is 14.9. The number of halogens is 1. The minimum absolute atomic E-state index is 0.241. The van der Waals surface area contributed by atoms with Crippen molar-refractivity contribution < 1.29 is 9.59 Å². The van der Waals surface area contributed by atoms with Crippen LogP contribution < -0.4 is 9.80 Å². The van der Waals surface area contributed by atoms with E-state index in [2.05, 4.69) is 20.3 Å². The number of hydrogen-bond acceptors (Lipinski definition) is 6. The molecule has 3 aromatic rings. The van der Waals surface area contributed by atoms with Gasteiger partial charge in [-0.15, -0.1) is 10.2 Å². The monoisotopic (exact) mass is 395 g/mol. The molecule has 9 nitrogen and oxygen atoms in total. The Kier molecular flexibility index (Phi) is 4.36. The second-order valence-electron chi connectivity index (χ2n) is 6.03. The van der Waals surface area contributed by atoms with Crippen LogP contribution in [0.1, 0.15) is 10.4 Å². The van der Waals surface area contributed by atoms with Crippen molar-refractivity contribution in [2.75, 3.05) is 23.9 Å². The topological polar surface area (TPSA) is 96.0 Å². The number of fused-ring (bicyclic) bond motifs is 2. The largest absolute Gasteiger partial charge is 0.330 e. The van der Waals surface area contributed by atoms with Gasteiger partial charge in [-0.3, -0.25) is 19.6 Å². The standard InChI is InChI=1S/C18H14ClN7O2/c1-24-15-14(22-21-13-5-3-4-12(19)10-13)16(25(2)18(24)28)26(23-15)17(27)11-6-8-20-9-7-11/h3-10H,1-2H3. The zero-order chi connectivity index (χ0) is 19.8. The molecule has 0 saturated carbocycles. The van der Waals surface area contributed by atoms with Crippen molar-refractivity contribution in [1.82, 2.24) is 14.8 Å². The van der Waals surface area contributed by atoms with Gasteiger partial charge in [-0.25, -0.2) is 4.79 Å². The van der Waals surface area contributed by atoms with E-state index in [0.29, 0.717) is 22.0 Å². The number of benzene rings is 1. The maximum atomic E-state index is 12.9. The summed E-state index contributed by atoms with van der Waals surface area (Å²) < 4.78 is 1.15. The third kappa shape index (κ3) is 2.91. The Morgan fingerprint density at radius 3 is 2.54 bits per heavy atom. The predicted octanol–water partition coefficient (Wildman–Crippen LogP) is 4.04.